The normalized spacial score (nSPS) is 11.9. The number of rotatable bonds is 14. The van der Waals surface area contributed by atoms with Gasteiger partial charge < -0.3 is 22.8 Å². The number of fused-ring (bicyclic) bond motifs is 18. The number of para-hydroxylation sites is 8. The van der Waals surface area contributed by atoms with Crippen molar-refractivity contribution < 1.29 is 0 Å². The molecule has 8 nitrogen and oxygen atoms in total. The molecule has 0 bridgehead atoms. The van der Waals surface area contributed by atoms with Gasteiger partial charge in [0.2, 0.25) is 5.95 Å². The van der Waals surface area contributed by atoms with E-state index < -0.39 is 0 Å². The summed E-state index contributed by atoms with van der Waals surface area (Å²) >= 11 is 0. The van der Waals surface area contributed by atoms with Crippen molar-refractivity contribution in [2.45, 2.75) is 0 Å². The van der Waals surface area contributed by atoms with Crippen LogP contribution in [0.3, 0.4) is 0 Å². The Morgan fingerprint density at radius 3 is 0.689 bits per heavy atom. The minimum absolute atomic E-state index is 0.547. The highest BCUT2D eigenvalue weighted by atomic mass is 15.2. The SMILES string of the molecule is c1ccc(-c2ccc(-c3ccccc3)c(-c3cc(-c4cccc(-n5c6ccc(-c7ccc8c(c7)c7ccccc7n8-c7ccccc7)cc6c6cc(-c7ccc8c(c7)c7ccccc7n8-c7ccccc7)ccc65)c4)nc(-n4c5ccc(-c6ccc7c(c6)c6ccccc6n7-c6ccccc6)cc5c5cc(-c6ccc7c(c6)c6ccccc6n7-c6ccccc6)ccc54)n3)c2)cc1. The molecule has 0 saturated carbocycles. The van der Waals surface area contributed by atoms with Crippen molar-refractivity contribution in [2.24, 2.45) is 0 Å². The van der Waals surface area contributed by atoms with E-state index in [1.165, 1.54) is 76.2 Å². The fourth-order valence-corrected chi connectivity index (χ4v) is 21.3. The van der Waals surface area contributed by atoms with Gasteiger partial charge in [0.25, 0.3) is 0 Å². The first-order valence-electron chi connectivity index (χ1n) is 45.2. The van der Waals surface area contributed by atoms with E-state index in [2.05, 4.69) is 501 Å². The van der Waals surface area contributed by atoms with Crippen molar-refractivity contribution in [3.8, 4) is 124 Å². The average Bonchev–Trinajstić information content (AvgIpc) is 1.56. The lowest BCUT2D eigenvalue weighted by Crippen LogP contribution is -2.05. The second-order valence-corrected chi connectivity index (χ2v) is 34.8. The molecule has 20 aromatic carbocycles. The molecule has 0 atom stereocenters. The maximum atomic E-state index is 5.99. The van der Waals surface area contributed by atoms with Gasteiger partial charge >= 0.3 is 0 Å². The number of hydrogen-bond donors (Lipinski definition) is 0. The highest BCUT2D eigenvalue weighted by molar-refractivity contribution is 6.18. The van der Waals surface area contributed by atoms with Crippen molar-refractivity contribution in [1.29, 1.82) is 0 Å². The first-order chi connectivity index (χ1) is 65.4. The second kappa shape index (κ2) is 30.0. The van der Waals surface area contributed by atoms with Gasteiger partial charge in [0, 0.05) is 104 Å². The van der Waals surface area contributed by atoms with Crippen LogP contribution in [0.5, 0.6) is 0 Å². The molecule has 0 aliphatic rings. The van der Waals surface area contributed by atoms with Gasteiger partial charge in [-0.3, -0.25) is 4.57 Å². The Hall–Kier alpha value is -17.7. The summed E-state index contributed by atoms with van der Waals surface area (Å²) in [5.74, 6) is 0.547. The highest BCUT2D eigenvalue weighted by Gasteiger charge is 2.26. The summed E-state index contributed by atoms with van der Waals surface area (Å²) < 4.78 is 14.4. The standard InChI is InChI=1S/C124H78N8/c1-7-28-79(29-8-1)81-50-59-96(80-30-9-2-10-31-80)101(69-81)111-78-110(125-124(126-111)132-122-66-57-88(84-53-62-118-104(72-84)99-44-21-25-48-114(99)129(118)93-37-15-5-16-38-93)76-108(122)109-77-89(58-67-123(109)132)85-54-63-119-105(73-85)100-45-22-26-49-115(100)130(119)94-39-17-6-18-40-94)90-32-27-41-95(68-90)131-120-64-55-86(82-51-60-116-102(70-82)97-42-19-23-46-112(97)127(116)91-33-11-3-12-34-91)74-106(120)107-75-87(56-65-121(107)131)83-52-61-117-103(71-83)98-43-20-24-47-113(98)128(117)92-35-13-4-14-36-92/h1-78H. The molecule has 0 N–H and O–H groups in total. The third kappa shape index (κ3) is 11.9. The van der Waals surface area contributed by atoms with Gasteiger partial charge in [-0.1, -0.05) is 279 Å². The summed E-state index contributed by atoms with van der Waals surface area (Å²) in [5, 5.41) is 14.1. The summed E-state index contributed by atoms with van der Waals surface area (Å²) in [7, 11) is 0. The van der Waals surface area contributed by atoms with Gasteiger partial charge in [-0.25, -0.2) is 9.97 Å². The maximum absolute atomic E-state index is 5.99. The Labute approximate surface area is 759 Å². The molecule has 8 heteroatoms. The minimum atomic E-state index is 0.547. The number of aromatic nitrogens is 8. The lowest BCUT2D eigenvalue weighted by atomic mass is 9.93. The molecule has 7 heterocycles. The molecule has 27 aromatic rings. The zero-order chi connectivity index (χ0) is 86.6. The van der Waals surface area contributed by atoms with Crippen molar-refractivity contribution in [3.63, 3.8) is 0 Å². The third-order valence-electron chi connectivity index (χ3n) is 27.4. The van der Waals surface area contributed by atoms with E-state index in [9.17, 15) is 0 Å². The van der Waals surface area contributed by atoms with Crippen LogP contribution in [0, 0.1) is 0 Å². The molecule has 0 aliphatic carbocycles. The van der Waals surface area contributed by atoms with E-state index in [1.807, 2.05) is 0 Å². The molecule has 0 amide bonds. The van der Waals surface area contributed by atoms with E-state index in [-0.39, 0.29) is 0 Å². The number of benzene rings is 20. The molecule has 0 saturated heterocycles. The number of nitrogens with zero attached hydrogens (tertiary/aromatic N) is 8. The van der Waals surface area contributed by atoms with E-state index in [0.29, 0.717) is 5.95 Å². The molecule has 7 aromatic heterocycles. The zero-order valence-electron chi connectivity index (χ0n) is 71.6. The van der Waals surface area contributed by atoms with E-state index in [1.54, 1.807) is 0 Å². The van der Waals surface area contributed by atoms with Crippen LogP contribution in [0.15, 0.2) is 473 Å². The van der Waals surface area contributed by atoms with E-state index in [4.69, 9.17) is 9.97 Å². The molecule has 132 heavy (non-hydrogen) atoms. The maximum Gasteiger partial charge on any atom is 0.235 e. The monoisotopic (exact) mass is 1680 g/mol. The Kier molecular flexibility index (Phi) is 16.9. The molecular formula is C124H78N8. The molecule has 27 rings (SSSR count). The molecule has 0 spiro atoms. The van der Waals surface area contributed by atoms with Crippen LogP contribution >= 0.6 is 0 Å². The van der Waals surface area contributed by atoms with Crippen LogP contribution in [0.2, 0.25) is 0 Å². The smallest absolute Gasteiger partial charge is 0.235 e. The topological polar surface area (TPSA) is 55.4 Å². The molecule has 0 radical (unpaired) electrons. The fraction of sp³-hybridized carbons (Fsp3) is 0. The Balaban J connectivity index is 0.671. The summed E-state index contributed by atoms with van der Waals surface area (Å²) in [6, 6.07) is 174. The van der Waals surface area contributed by atoms with Crippen LogP contribution in [0.1, 0.15) is 0 Å². The quantitative estimate of drug-likeness (QED) is 0.109. The summed E-state index contributed by atoms with van der Waals surface area (Å²) in [4.78, 5) is 12.0. The Morgan fingerprint density at radius 1 is 0.121 bits per heavy atom. The highest BCUT2D eigenvalue weighted by Crippen LogP contribution is 2.47. The van der Waals surface area contributed by atoms with Crippen molar-refractivity contribution in [3.05, 3.63) is 473 Å². The Morgan fingerprint density at radius 2 is 0.356 bits per heavy atom. The van der Waals surface area contributed by atoms with Gasteiger partial charge in [0.05, 0.1) is 77.6 Å². The van der Waals surface area contributed by atoms with Crippen LogP contribution < -0.4 is 0 Å². The molecular weight excluding hydrogens is 1600 g/mol. The predicted molar refractivity (Wildman–Crippen MR) is 552 cm³/mol. The van der Waals surface area contributed by atoms with E-state index >= 15 is 0 Å². The van der Waals surface area contributed by atoms with Crippen LogP contribution in [0.4, 0.5) is 0 Å². The summed E-state index contributed by atoms with van der Waals surface area (Å²) in [6.45, 7) is 0. The first-order valence-corrected chi connectivity index (χ1v) is 45.2. The fourth-order valence-electron chi connectivity index (χ4n) is 21.3. The van der Waals surface area contributed by atoms with Crippen molar-refractivity contribution in [1.82, 2.24) is 37.4 Å². The molecule has 0 unspecified atom stereocenters. The van der Waals surface area contributed by atoms with Crippen LogP contribution in [0.25, 0.3) is 254 Å². The minimum Gasteiger partial charge on any atom is -0.309 e. The van der Waals surface area contributed by atoms with Gasteiger partial charge in [-0.15, -0.1) is 0 Å². The second-order valence-electron chi connectivity index (χ2n) is 34.8. The first kappa shape index (κ1) is 74.5. The predicted octanol–water partition coefficient (Wildman–Crippen LogP) is 32.4. The largest absolute Gasteiger partial charge is 0.309 e. The van der Waals surface area contributed by atoms with Crippen LogP contribution in [-0.2, 0) is 0 Å². The summed E-state index contributed by atoms with van der Waals surface area (Å²) in [5.41, 5.74) is 35.8. The van der Waals surface area contributed by atoms with Gasteiger partial charge in [0.1, 0.15) is 0 Å². The third-order valence-corrected chi connectivity index (χ3v) is 27.4. The Bertz CT molecular complexity index is 8950. The van der Waals surface area contributed by atoms with Gasteiger partial charge in [-0.2, -0.15) is 0 Å². The molecule has 0 fully saturated rings. The number of hydrogen-bond acceptors (Lipinski definition) is 2. The van der Waals surface area contributed by atoms with Gasteiger partial charge in [0.15, 0.2) is 0 Å². The zero-order valence-corrected chi connectivity index (χ0v) is 71.6. The van der Waals surface area contributed by atoms with E-state index in [0.717, 1.165) is 172 Å². The molecule has 0 aliphatic heterocycles. The van der Waals surface area contributed by atoms with Gasteiger partial charge in [-0.05, 0) is 261 Å². The lowest BCUT2D eigenvalue weighted by Gasteiger charge is -2.16. The lowest BCUT2D eigenvalue weighted by molar-refractivity contribution is 0.995. The van der Waals surface area contributed by atoms with Crippen molar-refractivity contribution in [2.75, 3.05) is 0 Å². The average molecular weight is 1680 g/mol. The summed E-state index contributed by atoms with van der Waals surface area (Å²) in [6.07, 6.45) is 0. The molecule has 614 valence electrons. The van der Waals surface area contributed by atoms with Crippen molar-refractivity contribution >= 4 is 131 Å². The van der Waals surface area contributed by atoms with Crippen LogP contribution in [-0.4, -0.2) is 37.4 Å².